The lowest BCUT2D eigenvalue weighted by molar-refractivity contribution is 0.115. The number of alkyl carbamates (subject to hydrolysis) is 1. The topological polar surface area (TPSA) is 38.3 Å². The van der Waals surface area contributed by atoms with Gasteiger partial charge in [0.1, 0.15) is 0 Å². The maximum absolute atomic E-state index is 11.0. The predicted octanol–water partition coefficient (Wildman–Crippen LogP) is 3.27. The van der Waals surface area contributed by atoms with Gasteiger partial charge in [0, 0.05) is 15.9 Å². The third-order valence-corrected chi connectivity index (χ3v) is 3.09. The van der Waals surface area contributed by atoms with Crippen molar-refractivity contribution in [3.63, 3.8) is 0 Å². The van der Waals surface area contributed by atoms with Gasteiger partial charge in [0.05, 0.1) is 12.6 Å². The Hall–Kier alpha value is -0.740. The summed E-state index contributed by atoms with van der Waals surface area (Å²) < 4.78 is 5.72. The summed E-state index contributed by atoms with van der Waals surface area (Å²) in [6, 6.07) is 5.58. The van der Waals surface area contributed by atoms with Crippen molar-refractivity contribution in [1.29, 1.82) is 0 Å². The Balaban J connectivity index is 2.24. The summed E-state index contributed by atoms with van der Waals surface area (Å²) in [5, 5.41) is 3.38. The van der Waals surface area contributed by atoms with E-state index in [2.05, 4.69) is 21.2 Å². The minimum Gasteiger partial charge on any atom is -0.449 e. The minimum absolute atomic E-state index is 0.0492. The van der Waals surface area contributed by atoms with Crippen LogP contribution in [-0.2, 0) is 4.74 Å². The van der Waals surface area contributed by atoms with E-state index in [4.69, 9.17) is 16.3 Å². The zero-order valence-corrected chi connectivity index (χ0v) is 10.1. The van der Waals surface area contributed by atoms with Gasteiger partial charge in [-0.1, -0.05) is 33.6 Å². The SMILES string of the molecule is O=C1N[C@@H](c2ccc(Br)cc2Cl)CCO1. The number of halogens is 2. The summed E-state index contributed by atoms with van der Waals surface area (Å²) in [6.45, 7) is 0.433. The molecule has 1 saturated heterocycles. The van der Waals surface area contributed by atoms with E-state index in [1.165, 1.54) is 0 Å². The van der Waals surface area contributed by atoms with Gasteiger partial charge in [0.15, 0.2) is 0 Å². The summed E-state index contributed by atoms with van der Waals surface area (Å²) >= 11 is 9.42. The molecule has 1 aliphatic heterocycles. The van der Waals surface area contributed by atoms with E-state index >= 15 is 0 Å². The number of nitrogens with one attached hydrogen (secondary N) is 1. The molecule has 1 heterocycles. The molecule has 0 unspecified atom stereocenters. The number of benzene rings is 1. The Morgan fingerprint density at radius 2 is 2.33 bits per heavy atom. The van der Waals surface area contributed by atoms with Gasteiger partial charge < -0.3 is 10.1 Å². The normalized spacial score (nSPS) is 20.7. The third-order valence-electron chi connectivity index (χ3n) is 2.27. The Labute approximate surface area is 101 Å². The summed E-state index contributed by atoms with van der Waals surface area (Å²) in [5.74, 6) is 0. The Bertz CT molecular complexity index is 397. The van der Waals surface area contributed by atoms with E-state index in [1.54, 1.807) is 0 Å². The molecule has 0 radical (unpaired) electrons. The molecule has 1 aromatic carbocycles. The highest BCUT2D eigenvalue weighted by molar-refractivity contribution is 9.10. The largest absolute Gasteiger partial charge is 0.449 e. The highest BCUT2D eigenvalue weighted by Gasteiger charge is 2.22. The van der Waals surface area contributed by atoms with Crippen molar-refractivity contribution in [2.75, 3.05) is 6.61 Å². The summed E-state index contributed by atoms with van der Waals surface area (Å²) in [4.78, 5) is 11.0. The molecule has 1 fully saturated rings. The predicted molar refractivity (Wildman–Crippen MR) is 61.0 cm³/mol. The lowest BCUT2D eigenvalue weighted by atomic mass is 10.0. The molecule has 1 N–H and O–H groups in total. The molecule has 0 aliphatic carbocycles. The molecule has 0 bridgehead atoms. The van der Waals surface area contributed by atoms with E-state index in [1.807, 2.05) is 18.2 Å². The molecule has 5 heteroatoms. The van der Waals surface area contributed by atoms with Crippen molar-refractivity contribution >= 4 is 33.6 Å². The first-order valence-corrected chi connectivity index (χ1v) is 5.72. The summed E-state index contributed by atoms with van der Waals surface area (Å²) in [7, 11) is 0. The fraction of sp³-hybridized carbons (Fsp3) is 0.300. The molecule has 15 heavy (non-hydrogen) atoms. The third kappa shape index (κ3) is 2.44. The molecule has 2 rings (SSSR count). The van der Waals surface area contributed by atoms with Crippen molar-refractivity contribution in [1.82, 2.24) is 5.32 Å². The van der Waals surface area contributed by atoms with Gasteiger partial charge in [-0.3, -0.25) is 0 Å². The van der Waals surface area contributed by atoms with Crippen molar-refractivity contribution in [2.45, 2.75) is 12.5 Å². The minimum atomic E-state index is -0.384. The molecule has 1 aromatic rings. The number of carbonyl (C=O) groups excluding carboxylic acids is 1. The second kappa shape index (κ2) is 4.41. The lowest BCUT2D eigenvalue weighted by Crippen LogP contribution is -2.35. The van der Waals surface area contributed by atoms with Crippen LogP contribution in [0, 0.1) is 0 Å². The molecule has 0 spiro atoms. The fourth-order valence-electron chi connectivity index (χ4n) is 1.54. The standard InChI is InChI=1S/C10H9BrClNO2/c11-6-1-2-7(8(12)5-6)9-3-4-15-10(14)13-9/h1-2,5,9H,3-4H2,(H,13,14)/t9-/m1/s1. The Morgan fingerprint density at radius 3 is 3.00 bits per heavy atom. The first kappa shape index (κ1) is 10.8. The summed E-state index contributed by atoms with van der Waals surface area (Å²) in [6.07, 6.45) is 0.359. The van der Waals surface area contributed by atoms with Crippen LogP contribution in [0.5, 0.6) is 0 Å². The fourth-order valence-corrected chi connectivity index (χ4v) is 2.35. The molecule has 0 aromatic heterocycles. The number of carbonyl (C=O) groups is 1. The maximum atomic E-state index is 11.0. The molecule has 1 amide bonds. The van der Waals surface area contributed by atoms with Crippen LogP contribution >= 0.6 is 27.5 Å². The number of hydrogen-bond acceptors (Lipinski definition) is 2. The van der Waals surface area contributed by atoms with E-state index in [0.29, 0.717) is 11.6 Å². The quantitative estimate of drug-likeness (QED) is 0.862. The van der Waals surface area contributed by atoms with Crippen LogP contribution in [0.1, 0.15) is 18.0 Å². The first-order chi connectivity index (χ1) is 7.16. The van der Waals surface area contributed by atoms with Crippen LogP contribution in [0.25, 0.3) is 0 Å². The monoisotopic (exact) mass is 289 g/mol. The molecule has 0 saturated carbocycles. The van der Waals surface area contributed by atoms with Crippen LogP contribution in [0.15, 0.2) is 22.7 Å². The van der Waals surface area contributed by atoms with E-state index in [-0.39, 0.29) is 12.1 Å². The second-order valence-electron chi connectivity index (χ2n) is 3.29. The second-order valence-corrected chi connectivity index (χ2v) is 4.61. The molecule has 1 atom stereocenters. The van der Waals surface area contributed by atoms with E-state index in [0.717, 1.165) is 16.5 Å². The van der Waals surface area contributed by atoms with Crippen LogP contribution in [0.3, 0.4) is 0 Å². The molecule has 3 nitrogen and oxygen atoms in total. The highest BCUT2D eigenvalue weighted by Crippen LogP contribution is 2.29. The van der Waals surface area contributed by atoms with E-state index in [9.17, 15) is 4.79 Å². The van der Waals surface area contributed by atoms with Gasteiger partial charge in [-0.15, -0.1) is 0 Å². The number of ether oxygens (including phenoxy) is 1. The van der Waals surface area contributed by atoms with Crippen LogP contribution in [0.2, 0.25) is 5.02 Å². The zero-order valence-electron chi connectivity index (χ0n) is 7.80. The summed E-state index contributed by atoms with van der Waals surface area (Å²) in [5.41, 5.74) is 0.927. The Kier molecular flexibility index (Phi) is 3.17. The highest BCUT2D eigenvalue weighted by atomic mass is 79.9. The van der Waals surface area contributed by atoms with Crippen molar-refractivity contribution in [2.24, 2.45) is 0 Å². The van der Waals surface area contributed by atoms with Crippen LogP contribution in [0.4, 0.5) is 4.79 Å². The zero-order chi connectivity index (χ0) is 10.8. The van der Waals surface area contributed by atoms with Crippen LogP contribution in [-0.4, -0.2) is 12.7 Å². The average Bonchev–Trinajstić information content (AvgIpc) is 2.17. The number of hydrogen-bond donors (Lipinski definition) is 1. The van der Waals surface area contributed by atoms with E-state index < -0.39 is 0 Å². The van der Waals surface area contributed by atoms with Crippen molar-refractivity contribution in [3.8, 4) is 0 Å². The van der Waals surface area contributed by atoms with Gasteiger partial charge in [-0.2, -0.15) is 0 Å². The molecule has 80 valence electrons. The Morgan fingerprint density at radius 1 is 1.53 bits per heavy atom. The van der Waals surface area contributed by atoms with Gasteiger partial charge >= 0.3 is 6.09 Å². The number of cyclic esters (lactones) is 1. The van der Waals surface area contributed by atoms with Crippen molar-refractivity contribution < 1.29 is 9.53 Å². The molecule has 1 aliphatic rings. The van der Waals surface area contributed by atoms with Gasteiger partial charge in [-0.25, -0.2) is 4.79 Å². The van der Waals surface area contributed by atoms with Crippen molar-refractivity contribution in [3.05, 3.63) is 33.3 Å². The smallest absolute Gasteiger partial charge is 0.407 e. The average molecular weight is 291 g/mol. The molecular formula is C10H9BrClNO2. The molecular weight excluding hydrogens is 281 g/mol. The van der Waals surface area contributed by atoms with Gasteiger partial charge in [0.2, 0.25) is 0 Å². The van der Waals surface area contributed by atoms with Crippen LogP contribution < -0.4 is 5.32 Å². The number of rotatable bonds is 1. The number of amides is 1. The van der Waals surface area contributed by atoms with Gasteiger partial charge in [0.25, 0.3) is 0 Å². The first-order valence-electron chi connectivity index (χ1n) is 4.55. The maximum Gasteiger partial charge on any atom is 0.407 e. The van der Waals surface area contributed by atoms with Gasteiger partial charge in [-0.05, 0) is 17.7 Å². The lowest BCUT2D eigenvalue weighted by Gasteiger charge is -2.24.